The SMILES string of the molecule is Cc1ccc(C)c(Oc2cccc(O)c2)c1. The zero-order valence-corrected chi connectivity index (χ0v) is 9.40. The molecule has 0 atom stereocenters. The third kappa shape index (κ3) is 2.34. The highest BCUT2D eigenvalue weighted by molar-refractivity contribution is 5.41. The van der Waals surface area contributed by atoms with Gasteiger partial charge in [0, 0.05) is 6.07 Å². The zero-order valence-electron chi connectivity index (χ0n) is 9.40. The van der Waals surface area contributed by atoms with Gasteiger partial charge >= 0.3 is 0 Å². The highest BCUT2D eigenvalue weighted by atomic mass is 16.5. The normalized spacial score (nSPS) is 10.1. The van der Waals surface area contributed by atoms with E-state index < -0.39 is 0 Å². The van der Waals surface area contributed by atoms with Crippen LogP contribution in [0.15, 0.2) is 42.5 Å². The molecule has 0 aromatic heterocycles. The summed E-state index contributed by atoms with van der Waals surface area (Å²) in [6, 6.07) is 12.9. The molecule has 0 saturated heterocycles. The zero-order chi connectivity index (χ0) is 11.5. The summed E-state index contributed by atoms with van der Waals surface area (Å²) in [4.78, 5) is 0. The molecule has 0 spiro atoms. The second kappa shape index (κ2) is 4.27. The Balaban J connectivity index is 2.30. The van der Waals surface area contributed by atoms with Crippen LogP contribution in [0, 0.1) is 13.8 Å². The maximum Gasteiger partial charge on any atom is 0.131 e. The first-order chi connectivity index (χ1) is 7.65. The lowest BCUT2D eigenvalue weighted by molar-refractivity contribution is 0.453. The number of hydrogen-bond donors (Lipinski definition) is 1. The Morgan fingerprint density at radius 3 is 2.56 bits per heavy atom. The quantitative estimate of drug-likeness (QED) is 0.823. The fraction of sp³-hybridized carbons (Fsp3) is 0.143. The molecule has 16 heavy (non-hydrogen) atoms. The molecule has 0 unspecified atom stereocenters. The van der Waals surface area contributed by atoms with E-state index >= 15 is 0 Å². The number of rotatable bonds is 2. The van der Waals surface area contributed by atoms with E-state index in [-0.39, 0.29) is 5.75 Å². The van der Waals surface area contributed by atoms with Crippen LogP contribution >= 0.6 is 0 Å². The Hall–Kier alpha value is -1.96. The van der Waals surface area contributed by atoms with Gasteiger partial charge in [0.25, 0.3) is 0 Å². The predicted octanol–water partition coefficient (Wildman–Crippen LogP) is 3.80. The van der Waals surface area contributed by atoms with Gasteiger partial charge < -0.3 is 9.84 Å². The first kappa shape index (κ1) is 10.6. The molecule has 2 aromatic rings. The molecular weight excluding hydrogens is 200 g/mol. The van der Waals surface area contributed by atoms with Gasteiger partial charge in [-0.05, 0) is 43.2 Å². The summed E-state index contributed by atoms with van der Waals surface area (Å²) < 4.78 is 5.71. The highest BCUT2D eigenvalue weighted by Crippen LogP contribution is 2.27. The highest BCUT2D eigenvalue weighted by Gasteiger charge is 2.02. The molecule has 0 heterocycles. The van der Waals surface area contributed by atoms with Crippen molar-refractivity contribution in [3.05, 3.63) is 53.6 Å². The molecule has 0 fully saturated rings. The van der Waals surface area contributed by atoms with E-state index in [0.29, 0.717) is 5.75 Å². The average molecular weight is 214 g/mol. The van der Waals surface area contributed by atoms with E-state index in [1.54, 1.807) is 18.2 Å². The van der Waals surface area contributed by atoms with Gasteiger partial charge in [0.05, 0.1) is 0 Å². The van der Waals surface area contributed by atoms with Crippen LogP contribution < -0.4 is 4.74 Å². The summed E-state index contributed by atoms with van der Waals surface area (Å²) in [5.74, 6) is 1.68. The van der Waals surface area contributed by atoms with Gasteiger partial charge in [-0.3, -0.25) is 0 Å². The monoisotopic (exact) mass is 214 g/mol. The van der Waals surface area contributed by atoms with E-state index in [1.165, 1.54) is 0 Å². The number of aromatic hydroxyl groups is 1. The van der Waals surface area contributed by atoms with Crippen molar-refractivity contribution < 1.29 is 9.84 Å². The molecule has 0 bridgehead atoms. The molecule has 0 aliphatic carbocycles. The molecule has 2 aromatic carbocycles. The number of phenols is 1. The van der Waals surface area contributed by atoms with Crippen molar-refractivity contribution in [2.45, 2.75) is 13.8 Å². The van der Waals surface area contributed by atoms with Crippen molar-refractivity contribution in [1.82, 2.24) is 0 Å². The average Bonchev–Trinajstić information content (AvgIpc) is 2.24. The van der Waals surface area contributed by atoms with Gasteiger partial charge in [-0.2, -0.15) is 0 Å². The fourth-order valence-corrected chi connectivity index (χ4v) is 1.49. The van der Waals surface area contributed by atoms with Gasteiger partial charge in [-0.1, -0.05) is 18.2 Å². The van der Waals surface area contributed by atoms with Crippen LogP contribution in [0.3, 0.4) is 0 Å². The van der Waals surface area contributed by atoms with Crippen LogP contribution in [-0.4, -0.2) is 5.11 Å². The lowest BCUT2D eigenvalue weighted by Gasteiger charge is -2.09. The minimum atomic E-state index is 0.211. The van der Waals surface area contributed by atoms with Crippen molar-refractivity contribution in [3.8, 4) is 17.2 Å². The summed E-state index contributed by atoms with van der Waals surface area (Å²) in [6.07, 6.45) is 0. The van der Waals surface area contributed by atoms with E-state index in [0.717, 1.165) is 16.9 Å². The molecule has 0 amide bonds. The summed E-state index contributed by atoms with van der Waals surface area (Å²) in [5.41, 5.74) is 2.23. The smallest absolute Gasteiger partial charge is 0.131 e. The number of ether oxygens (including phenoxy) is 1. The van der Waals surface area contributed by atoms with Gasteiger partial charge in [-0.25, -0.2) is 0 Å². The third-order valence-corrected chi connectivity index (χ3v) is 2.39. The van der Waals surface area contributed by atoms with Crippen molar-refractivity contribution in [2.75, 3.05) is 0 Å². The Labute approximate surface area is 95.1 Å². The molecule has 2 nitrogen and oxygen atoms in total. The molecule has 0 radical (unpaired) electrons. The predicted molar refractivity (Wildman–Crippen MR) is 64.1 cm³/mol. The van der Waals surface area contributed by atoms with Gasteiger partial charge in [-0.15, -0.1) is 0 Å². The Morgan fingerprint density at radius 2 is 1.81 bits per heavy atom. The number of phenolic OH excluding ortho intramolecular Hbond substituents is 1. The standard InChI is InChI=1S/C14H14O2/c1-10-6-7-11(2)14(8-10)16-13-5-3-4-12(15)9-13/h3-9,15H,1-2H3. The Bertz CT molecular complexity index is 504. The summed E-state index contributed by atoms with van der Waals surface area (Å²) in [7, 11) is 0. The molecule has 0 aliphatic heterocycles. The molecule has 2 heteroatoms. The van der Waals surface area contributed by atoms with Crippen LogP contribution in [0.25, 0.3) is 0 Å². The van der Waals surface area contributed by atoms with Crippen LogP contribution in [0.4, 0.5) is 0 Å². The van der Waals surface area contributed by atoms with E-state index in [1.807, 2.05) is 38.1 Å². The molecule has 2 rings (SSSR count). The minimum absolute atomic E-state index is 0.211. The van der Waals surface area contributed by atoms with Crippen LogP contribution in [0.1, 0.15) is 11.1 Å². The maximum absolute atomic E-state index is 9.33. The van der Waals surface area contributed by atoms with Crippen LogP contribution in [-0.2, 0) is 0 Å². The van der Waals surface area contributed by atoms with E-state index in [9.17, 15) is 5.11 Å². The number of aryl methyl sites for hydroxylation is 2. The van der Waals surface area contributed by atoms with Crippen molar-refractivity contribution in [1.29, 1.82) is 0 Å². The second-order valence-corrected chi connectivity index (χ2v) is 3.87. The second-order valence-electron chi connectivity index (χ2n) is 3.87. The van der Waals surface area contributed by atoms with Gasteiger partial charge in [0.2, 0.25) is 0 Å². The largest absolute Gasteiger partial charge is 0.508 e. The summed E-state index contributed by atoms with van der Waals surface area (Å²) in [5, 5.41) is 9.33. The van der Waals surface area contributed by atoms with Gasteiger partial charge in [0.1, 0.15) is 17.2 Å². The molecule has 1 N–H and O–H groups in total. The lowest BCUT2D eigenvalue weighted by atomic mass is 10.1. The van der Waals surface area contributed by atoms with Crippen LogP contribution in [0.2, 0.25) is 0 Å². The van der Waals surface area contributed by atoms with Crippen molar-refractivity contribution in [3.63, 3.8) is 0 Å². The molecule has 0 aliphatic rings. The molecule has 82 valence electrons. The molecular formula is C14H14O2. The Kier molecular flexibility index (Phi) is 2.82. The third-order valence-electron chi connectivity index (χ3n) is 2.39. The number of hydrogen-bond acceptors (Lipinski definition) is 2. The minimum Gasteiger partial charge on any atom is -0.508 e. The van der Waals surface area contributed by atoms with Gasteiger partial charge in [0.15, 0.2) is 0 Å². The van der Waals surface area contributed by atoms with Crippen molar-refractivity contribution in [2.24, 2.45) is 0 Å². The van der Waals surface area contributed by atoms with E-state index in [2.05, 4.69) is 0 Å². The topological polar surface area (TPSA) is 29.5 Å². The maximum atomic E-state index is 9.33. The van der Waals surface area contributed by atoms with Crippen LogP contribution in [0.5, 0.6) is 17.2 Å². The number of benzene rings is 2. The molecule has 0 saturated carbocycles. The summed E-state index contributed by atoms with van der Waals surface area (Å²) >= 11 is 0. The fourth-order valence-electron chi connectivity index (χ4n) is 1.49. The van der Waals surface area contributed by atoms with E-state index in [4.69, 9.17) is 4.74 Å². The first-order valence-electron chi connectivity index (χ1n) is 5.19. The summed E-state index contributed by atoms with van der Waals surface area (Å²) in [6.45, 7) is 4.02. The Morgan fingerprint density at radius 1 is 1.00 bits per heavy atom. The van der Waals surface area contributed by atoms with Crippen molar-refractivity contribution >= 4 is 0 Å². The first-order valence-corrected chi connectivity index (χ1v) is 5.19. The lowest BCUT2D eigenvalue weighted by Crippen LogP contribution is -1.88.